The van der Waals surface area contributed by atoms with Crippen LogP contribution in [0.25, 0.3) is 0 Å². The summed E-state index contributed by atoms with van der Waals surface area (Å²) in [4.78, 5) is 24.7. The summed E-state index contributed by atoms with van der Waals surface area (Å²) in [5.74, 6) is -0.575. The van der Waals surface area contributed by atoms with Gasteiger partial charge in [-0.15, -0.1) is 0 Å². The Labute approximate surface area is 510 Å². The van der Waals surface area contributed by atoms with Crippen LogP contribution in [0.5, 0.6) is 0 Å². The van der Waals surface area contributed by atoms with Crippen molar-refractivity contribution >= 4 is 11.9 Å². The zero-order valence-electron chi connectivity index (χ0n) is 54.5. The van der Waals surface area contributed by atoms with Crippen molar-refractivity contribution in [2.24, 2.45) is 0 Å². The van der Waals surface area contributed by atoms with E-state index in [4.69, 9.17) is 9.47 Å². The second kappa shape index (κ2) is 72.1. The lowest BCUT2D eigenvalue weighted by Crippen LogP contribution is -2.28. The third-order valence-electron chi connectivity index (χ3n) is 15.9. The van der Waals surface area contributed by atoms with Gasteiger partial charge in [0.2, 0.25) is 0 Å². The molecule has 0 aliphatic heterocycles. The standard InChI is InChI=1S/C77H136O5/c1-3-5-7-9-11-13-15-17-19-21-23-25-27-29-31-33-35-37-38-40-42-44-46-48-50-52-54-56-58-60-62-64-66-68-70-72-77(80)82-75(73-78)74-81-76(79)71-69-67-65-63-61-59-57-55-53-51-49-47-45-43-41-39-36-34-32-30-28-26-24-22-20-18-16-14-12-10-8-6-4-2/h5,7,11,13,16-19,22-25,28-31,75,78H,3-4,6,8-10,12,14-15,20-21,26-27,32-74H2,1-2H3/b7-5-,13-11-,18-16-,19-17-,24-22-,25-23-,30-28-,31-29-. The first-order valence-corrected chi connectivity index (χ1v) is 35.8. The molecule has 0 aliphatic rings. The molecule has 474 valence electrons. The molecule has 0 fully saturated rings. The number of allylic oxidation sites excluding steroid dienone is 16. The fraction of sp³-hybridized carbons (Fsp3) is 0.766. The van der Waals surface area contributed by atoms with Gasteiger partial charge in [-0.2, -0.15) is 0 Å². The number of esters is 2. The number of hydrogen-bond acceptors (Lipinski definition) is 5. The highest BCUT2D eigenvalue weighted by Gasteiger charge is 2.16. The molecule has 1 unspecified atom stereocenters. The minimum atomic E-state index is -0.775. The molecule has 1 N–H and O–H groups in total. The van der Waals surface area contributed by atoms with Crippen LogP contribution in [-0.2, 0) is 19.1 Å². The van der Waals surface area contributed by atoms with Gasteiger partial charge in [-0.3, -0.25) is 9.59 Å². The van der Waals surface area contributed by atoms with Crippen LogP contribution < -0.4 is 0 Å². The first-order valence-electron chi connectivity index (χ1n) is 35.8. The highest BCUT2D eigenvalue weighted by atomic mass is 16.6. The summed E-state index contributed by atoms with van der Waals surface area (Å²) in [6.45, 7) is 4.06. The zero-order valence-corrected chi connectivity index (χ0v) is 54.5. The largest absolute Gasteiger partial charge is 0.462 e. The van der Waals surface area contributed by atoms with Crippen LogP contribution in [0.15, 0.2) is 97.2 Å². The quantitative estimate of drug-likeness (QED) is 0.0373. The van der Waals surface area contributed by atoms with Gasteiger partial charge in [0.05, 0.1) is 6.61 Å². The van der Waals surface area contributed by atoms with E-state index < -0.39 is 6.10 Å². The van der Waals surface area contributed by atoms with Gasteiger partial charge in [0.25, 0.3) is 0 Å². The van der Waals surface area contributed by atoms with Crippen LogP contribution in [-0.4, -0.2) is 36.4 Å². The monoisotopic (exact) mass is 1140 g/mol. The fourth-order valence-electron chi connectivity index (χ4n) is 10.5. The first kappa shape index (κ1) is 78.8. The van der Waals surface area contributed by atoms with Gasteiger partial charge < -0.3 is 14.6 Å². The van der Waals surface area contributed by atoms with Crippen molar-refractivity contribution < 1.29 is 24.2 Å². The lowest BCUT2D eigenvalue weighted by atomic mass is 10.0. The van der Waals surface area contributed by atoms with Gasteiger partial charge in [0.1, 0.15) is 6.61 Å². The van der Waals surface area contributed by atoms with Crippen molar-refractivity contribution in [3.63, 3.8) is 0 Å². The molecular formula is C77H136O5. The molecule has 0 saturated carbocycles. The number of aliphatic hydroxyl groups excluding tert-OH is 1. The third-order valence-corrected chi connectivity index (χ3v) is 15.9. The predicted octanol–water partition coefficient (Wildman–Crippen LogP) is 25.0. The molecule has 0 aromatic rings. The summed E-state index contributed by atoms with van der Waals surface area (Å²) < 4.78 is 10.8. The Balaban J connectivity index is 3.43. The average molecular weight is 1140 g/mol. The van der Waals surface area contributed by atoms with Gasteiger partial charge >= 0.3 is 11.9 Å². The number of ether oxygens (including phenoxy) is 2. The number of hydrogen-bond donors (Lipinski definition) is 1. The van der Waals surface area contributed by atoms with Crippen molar-refractivity contribution in [3.8, 4) is 0 Å². The van der Waals surface area contributed by atoms with Crippen LogP contribution in [0.1, 0.15) is 361 Å². The van der Waals surface area contributed by atoms with E-state index in [0.29, 0.717) is 12.8 Å². The molecule has 0 aromatic carbocycles. The van der Waals surface area contributed by atoms with Crippen LogP contribution in [0.2, 0.25) is 0 Å². The molecule has 0 amide bonds. The molecule has 82 heavy (non-hydrogen) atoms. The summed E-state index contributed by atoms with van der Waals surface area (Å²) >= 11 is 0. The van der Waals surface area contributed by atoms with E-state index in [9.17, 15) is 14.7 Å². The van der Waals surface area contributed by atoms with E-state index in [1.165, 1.54) is 250 Å². The molecule has 0 radical (unpaired) electrons. The molecule has 5 nitrogen and oxygen atoms in total. The summed E-state index contributed by atoms with van der Waals surface area (Å²) in [6.07, 6.45) is 103. The number of carbonyl (C=O) groups is 2. The number of carbonyl (C=O) groups excluding carboxylic acids is 2. The predicted molar refractivity (Wildman–Crippen MR) is 362 cm³/mol. The molecule has 0 aromatic heterocycles. The van der Waals surface area contributed by atoms with Gasteiger partial charge in [-0.1, -0.05) is 349 Å². The summed E-state index contributed by atoms with van der Waals surface area (Å²) in [6, 6.07) is 0. The Kier molecular flexibility index (Phi) is 69.3. The SMILES string of the molecule is CC/C=C\C/C=C\C/C=C\C/C=C\C/C=C\CCCCCCCCCCCCCCCCCCCCCC(=O)OC(CO)COC(=O)CCCCCCCCCCCCCCCCCCCC/C=C\C/C=C\C/C=C\CCCCCCC. The molecular weight excluding hydrogens is 1000 g/mol. The van der Waals surface area contributed by atoms with Gasteiger partial charge in [-0.25, -0.2) is 0 Å². The van der Waals surface area contributed by atoms with Crippen molar-refractivity contribution in [1.82, 2.24) is 0 Å². The molecule has 0 spiro atoms. The van der Waals surface area contributed by atoms with Gasteiger partial charge in [0.15, 0.2) is 6.10 Å². The highest BCUT2D eigenvalue weighted by Crippen LogP contribution is 2.18. The molecule has 0 rings (SSSR count). The van der Waals surface area contributed by atoms with E-state index in [1.54, 1.807) is 0 Å². The summed E-state index contributed by atoms with van der Waals surface area (Å²) in [5, 5.41) is 9.71. The van der Waals surface area contributed by atoms with Crippen LogP contribution in [0.4, 0.5) is 0 Å². The molecule has 0 saturated heterocycles. The topological polar surface area (TPSA) is 72.8 Å². The average Bonchev–Trinajstić information content (AvgIpc) is 3.49. The zero-order chi connectivity index (χ0) is 59.1. The molecule has 1 atom stereocenters. The van der Waals surface area contributed by atoms with Crippen LogP contribution in [0, 0.1) is 0 Å². The van der Waals surface area contributed by atoms with Crippen molar-refractivity contribution in [1.29, 1.82) is 0 Å². The molecule has 0 bridgehead atoms. The first-order chi connectivity index (χ1) is 40.6. The maximum absolute atomic E-state index is 12.4. The number of rotatable bonds is 66. The Bertz CT molecular complexity index is 1530. The van der Waals surface area contributed by atoms with E-state index in [1.807, 2.05) is 0 Å². The molecule has 0 aliphatic carbocycles. The fourth-order valence-corrected chi connectivity index (χ4v) is 10.5. The highest BCUT2D eigenvalue weighted by molar-refractivity contribution is 5.70. The second-order valence-corrected chi connectivity index (χ2v) is 23.9. The minimum Gasteiger partial charge on any atom is -0.462 e. The molecule has 5 heteroatoms. The maximum Gasteiger partial charge on any atom is 0.306 e. The number of aliphatic hydroxyl groups is 1. The van der Waals surface area contributed by atoms with Crippen molar-refractivity contribution in [2.45, 2.75) is 367 Å². The Morgan fingerprint density at radius 3 is 0.793 bits per heavy atom. The summed E-state index contributed by atoms with van der Waals surface area (Å²) in [5.41, 5.74) is 0. The molecule has 0 heterocycles. The van der Waals surface area contributed by atoms with Gasteiger partial charge in [0, 0.05) is 12.8 Å². The Morgan fingerprint density at radius 2 is 0.524 bits per heavy atom. The normalized spacial score (nSPS) is 12.8. The van der Waals surface area contributed by atoms with E-state index in [0.717, 1.165) is 83.5 Å². The number of unbranched alkanes of at least 4 members (excludes halogenated alkanes) is 42. The Morgan fingerprint density at radius 1 is 0.293 bits per heavy atom. The minimum absolute atomic E-state index is 0.0642. The van der Waals surface area contributed by atoms with Crippen LogP contribution in [0.3, 0.4) is 0 Å². The van der Waals surface area contributed by atoms with Crippen molar-refractivity contribution in [2.75, 3.05) is 13.2 Å². The van der Waals surface area contributed by atoms with Gasteiger partial charge in [-0.05, 0) is 96.3 Å². The van der Waals surface area contributed by atoms with E-state index >= 15 is 0 Å². The van der Waals surface area contributed by atoms with E-state index in [2.05, 4.69) is 111 Å². The maximum atomic E-state index is 12.4. The van der Waals surface area contributed by atoms with Crippen molar-refractivity contribution in [3.05, 3.63) is 97.2 Å². The second-order valence-electron chi connectivity index (χ2n) is 23.9. The Hall–Kier alpha value is -3.18. The van der Waals surface area contributed by atoms with E-state index in [-0.39, 0.29) is 25.2 Å². The third kappa shape index (κ3) is 69.3. The van der Waals surface area contributed by atoms with Crippen LogP contribution >= 0.6 is 0 Å². The lowest BCUT2D eigenvalue weighted by molar-refractivity contribution is -0.161. The smallest absolute Gasteiger partial charge is 0.306 e. The summed E-state index contributed by atoms with van der Waals surface area (Å²) in [7, 11) is 0. The lowest BCUT2D eigenvalue weighted by Gasteiger charge is -2.15.